The molecule has 5 aromatic carbocycles. The van der Waals surface area contributed by atoms with Crippen LogP contribution in [0.15, 0.2) is 115 Å². The molecule has 0 bridgehead atoms. The monoisotopic (exact) mass is 825 g/mol. The average Bonchev–Trinajstić information content (AvgIpc) is 3.56. The molecule has 0 aromatic heterocycles. The molecule has 8 rings (SSSR count). The number of hydrogen-bond acceptors (Lipinski definition) is 10. The number of likely N-dealkylation sites (tertiary alicyclic amines) is 1. The molecule has 5 unspecified atom stereocenters. The lowest BCUT2D eigenvalue weighted by Gasteiger charge is -2.43. The Morgan fingerprint density at radius 1 is 0.820 bits per heavy atom. The number of fused-ring (bicyclic) bond motifs is 1. The van der Waals surface area contributed by atoms with E-state index in [1.54, 1.807) is 14.2 Å². The van der Waals surface area contributed by atoms with Crippen LogP contribution in [0.2, 0.25) is 0 Å². The summed E-state index contributed by atoms with van der Waals surface area (Å²) in [6.07, 6.45) is -1.10. The molecular weight excluding hydrogens is 775 g/mol. The minimum atomic E-state index is -1.00. The number of aliphatic hydroxyl groups is 1. The van der Waals surface area contributed by atoms with Crippen LogP contribution in [0, 0.1) is 5.92 Å². The molecule has 3 aliphatic heterocycles. The summed E-state index contributed by atoms with van der Waals surface area (Å²) < 4.78 is 30.1. The fourth-order valence-electron chi connectivity index (χ4n) is 8.48. The third-order valence-corrected chi connectivity index (χ3v) is 11.9. The van der Waals surface area contributed by atoms with Crippen LogP contribution >= 0.6 is 0 Å². The smallest absolute Gasteiger partial charge is 0.408 e. The van der Waals surface area contributed by atoms with Crippen molar-refractivity contribution in [2.24, 2.45) is 5.92 Å². The molecule has 12 nitrogen and oxygen atoms in total. The van der Waals surface area contributed by atoms with Crippen molar-refractivity contribution in [1.82, 2.24) is 15.1 Å². The van der Waals surface area contributed by atoms with E-state index >= 15 is 0 Å². The molecule has 2 fully saturated rings. The predicted octanol–water partition coefficient (Wildman–Crippen LogP) is 7.27. The summed E-state index contributed by atoms with van der Waals surface area (Å²) in [5.74, 6) is 0.626. The highest BCUT2D eigenvalue weighted by Gasteiger charge is 2.41. The zero-order valence-electron chi connectivity index (χ0n) is 34.6. The summed E-state index contributed by atoms with van der Waals surface area (Å²) in [7, 11) is 3.32. The number of nitrogens with zero attached hydrogens (tertiary/aromatic N) is 2. The molecule has 5 atom stereocenters. The lowest BCUT2D eigenvalue weighted by molar-refractivity contribution is -0.276. The Morgan fingerprint density at radius 2 is 1.51 bits per heavy atom. The zero-order valence-corrected chi connectivity index (χ0v) is 34.6. The van der Waals surface area contributed by atoms with Crippen molar-refractivity contribution in [2.45, 2.75) is 70.6 Å². The number of ether oxygens (including phenoxy) is 5. The van der Waals surface area contributed by atoms with Crippen molar-refractivity contribution in [3.8, 4) is 22.6 Å². The first kappa shape index (κ1) is 41.7. The summed E-state index contributed by atoms with van der Waals surface area (Å²) in [5.41, 5.74) is 8.54. The van der Waals surface area contributed by atoms with E-state index in [0.717, 1.165) is 64.2 Å². The van der Waals surface area contributed by atoms with Gasteiger partial charge in [0, 0.05) is 31.1 Å². The van der Waals surface area contributed by atoms with Crippen molar-refractivity contribution >= 4 is 17.9 Å². The zero-order chi connectivity index (χ0) is 42.5. The van der Waals surface area contributed by atoms with E-state index in [-0.39, 0.29) is 50.2 Å². The van der Waals surface area contributed by atoms with Gasteiger partial charge in [-0.1, -0.05) is 110 Å². The van der Waals surface area contributed by atoms with Crippen LogP contribution in [0.1, 0.15) is 64.7 Å². The number of amides is 3. The lowest BCUT2D eigenvalue weighted by atomic mass is 9.89. The number of aliphatic hydroxyl groups excluding tert-OH is 1. The molecule has 3 heterocycles. The molecule has 316 valence electrons. The molecule has 0 aliphatic carbocycles. The van der Waals surface area contributed by atoms with Gasteiger partial charge in [0.2, 0.25) is 5.91 Å². The van der Waals surface area contributed by atoms with Crippen molar-refractivity contribution < 1.29 is 43.2 Å². The Bertz CT molecular complexity index is 2340. The molecule has 2 N–H and O–H groups in total. The van der Waals surface area contributed by atoms with Gasteiger partial charge in [0.05, 0.1) is 46.0 Å². The highest BCUT2D eigenvalue weighted by molar-refractivity contribution is 6.06. The van der Waals surface area contributed by atoms with Crippen LogP contribution in [0.5, 0.6) is 11.5 Å². The van der Waals surface area contributed by atoms with E-state index in [2.05, 4.69) is 29.3 Å². The van der Waals surface area contributed by atoms with Gasteiger partial charge in [-0.2, -0.15) is 0 Å². The van der Waals surface area contributed by atoms with E-state index in [1.165, 1.54) is 16.0 Å². The minimum absolute atomic E-state index is 0.0138. The van der Waals surface area contributed by atoms with Gasteiger partial charge in [0.1, 0.15) is 12.6 Å². The number of alkyl carbamates (subject to hydrolysis) is 1. The first-order chi connectivity index (χ1) is 29.7. The number of methoxy groups -OCH3 is 2. The Balaban J connectivity index is 0.972. The minimum Gasteiger partial charge on any atom is -0.493 e. The third-order valence-electron chi connectivity index (χ3n) is 11.9. The first-order valence-corrected chi connectivity index (χ1v) is 20.7. The van der Waals surface area contributed by atoms with Gasteiger partial charge < -0.3 is 34.1 Å². The summed E-state index contributed by atoms with van der Waals surface area (Å²) in [6.45, 7) is 4.57. The molecule has 0 spiro atoms. The van der Waals surface area contributed by atoms with Gasteiger partial charge in [-0.05, 0) is 63.1 Å². The maximum Gasteiger partial charge on any atom is 0.408 e. The number of rotatable bonds is 13. The topological polar surface area (TPSA) is 136 Å². The number of carbonyl (C=O) groups excluding carboxylic acids is 3. The highest BCUT2D eigenvalue weighted by Crippen LogP contribution is 2.43. The third kappa shape index (κ3) is 9.33. The fourth-order valence-corrected chi connectivity index (χ4v) is 8.48. The van der Waals surface area contributed by atoms with Gasteiger partial charge in [0.15, 0.2) is 17.8 Å². The van der Waals surface area contributed by atoms with E-state index < -0.39 is 24.3 Å². The van der Waals surface area contributed by atoms with E-state index in [9.17, 15) is 19.5 Å². The second kappa shape index (κ2) is 18.7. The molecule has 3 amide bonds. The fraction of sp³-hybridized carbons (Fsp3) is 0.327. The highest BCUT2D eigenvalue weighted by atomic mass is 16.7. The molecule has 3 aliphatic rings. The largest absolute Gasteiger partial charge is 0.493 e. The van der Waals surface area contributed by atoms with Gasteiger partial charge in [-0.3, -0.25) is 19.4 Å². The second-order valence-corrected chi connectivity index (χ2v) is 15.8. The quantitative estimate of drug-likeness (QED) is 0.117. The van der Waals surface area contributed by atoms with Crippen LogP contribution in [0.4, 0.5) is 4.79 Å². The van der Waals surface area contributed by atoms with Gasteiger partial charge in [-0.15, -0.1) is 0 Å². The molecule has 5 aromatic rings. The second-order valence-electron chi connectivity index (χ2n) is 15.8. The van der Waals surface area contributed by atoms with E-state index in [4.69, 9.17) is 23.7 Å². The standard InChI is InChI=1S/C49H51N3O9/c1-31-44(28-51-22-21-37-23-42(57-2)43(58-3)24-39(37)26-51)60-48(61-46(31)35-15-13-32(29-53)14-16-35)36-19-17-34(18-20-36)40-12-8-7-11-38(40)27-52-45(54)25-41(47(52)55)50-49(56)59-30-33-9-5-4-6-10-33/h4-20,23-24,31,41,44,46,48,53H,21-22,25-30H2,1-3H3,(H,50,56). The van der Waals surface area contributed by atoms with E-state index in [0.29, 0.717) is 12.3 Å². The maximum absolute atomic E-state index is 13.4. The Morgan fingerprint density at radius 3 is 2.23 bits per heavy atom. The number of nitrogens with one attached hydrogen (secondary N) is 1. The Labute approximate surface area is 355 Å². The number of imide groups is 1. The van der Waals surface area contributed by atoms with Crippen LogP contribution < -0.4 is 14.8 Å². The lowest BCUT2D eigenvalue weighted by Crippen LogP contribution is -2.45. The van der Waals surface area contributed by atoms with Crippen molar-refractivity contribution in [2.75, 3.05) is 27.3 Å². The van der Waals surface area contributed by atoms with Gasteiger partial charge in [0.25, 0.3) is 5.91 Å². The summed E-state index contributed by atoms with van der Waals surface area (Å²) in [4.78, 5) is 42.7. The predicted molar refractivity (Wildman–Crippen MR) is 227 cm³/mol. The number of carbonyl (C=O) groups is 3. The van der Waals surface area contributed by atoms with Crippen LogP contribution in [-0.2, 0) is 56.5 Å². The van der Waals surface area contributed by atoms with Crippen LogP contribution in [0.3, 0.4) is 0 Å². The molecule has 0 radical (unpaired) electrons. The van der Waals surface area contributed by atoms with Crippen LogP contribution in [-0.4, -0.2) is 72.3 Å². The Kier molecular flexibility index (Phi) is 12.8. The number of hydrogen-bond donors (Lipinski definition) is 2. The van der Waals surface area contributed by atoms with Gasteiger partial charge in [-0.25, -0.2) is 4.79 Å². The molecule has 12 heteroatoms. The average molecular weight is 826 g/mol. The van der Waals surface area contributed by atoms with Crippen molar-refractivity contribution in [3.05, 3.63) is 154 Å². The van der Waals surface area contributed by atoms with Crippen molar-refractivity contribution in [3.63, 3.8) is 0 Å². The van der Waals surface area contributed by atoms with Crippen LogP contribution in [0.25, 0.3) is 11.1 Å². The molecule has 0 saturated carbocycles. The molecule has 61 heavy (non-hydrogen) atoms. The summed E-state index contributed by atoms with van der Waals surface area (Å²) in [6, 6.07) is 36.0. The summed E-state index contributed by atoms with van der Waals surface area (Å²) in [5, 5.41) is 12.3. The normalized spacial score (nSPS) is 21.5. The van der Waals surface area contributed by atoms with Crippen molar-refractivity contribution in [1.29, 1.82) is 0 Å². The first-order valence-electron chi connectivity index (χ1n) is 20.7. The van der Waals surface area contributed by atoms with E-state index in [1.807, 2.05) is 103 Å². The SMILES string of the molecule is COc1cc2c(cc1OC)CN(CC1OC(c3ccc(-c4ccccc4CN4C(=O)CC(NC(=O)OCc5ccccc5)C4=O)cc3)OC(c3ccc(CO)cc3)C1C)CC2. The maximum atomic E-state index is 13.4. The molecule has 2 saturated heterocycles. The molecular formula is C49H51N3O9. The van der Waals surface area contributed by atoms with Gasteiger partial charge >= 0.3 is 6.09 Å². The number of benzene rings is 5. The Hall–Kier alpha value is -6.05. The summed E-state index contributed by atoms with van der Waals surface area (Å²) >= 11 is 0.